The minimum absolute atomic E-state index is 0.0524. The van der Waals surface area contributed by atoms with Crippen LogP contribution in [-0.4, -0.2) is 25.8 Å². The number of esters is 1. The van der Waals surface area contributed by atoms with Gasteiger partial charge in [0.1, 0.15) is 16.4 Å². The van der Waals surface area contributed by atoms with E-state index in [-0.39, 0.29) is 12.1 Å². The van der Waals surface area contributed by atoms with Crippen LogP contribution in [0.5, 0.6) is 11.5 Å². The van der Waals surface area contributed by atoms with Gasteiger partial charge in [-0.1, -0.05) is 0 Å². The molecule has 4 nitrogen and oxygen atoms in total. The Morgan fingerprint density at radius 1 is 1.30 bits per heavy atom. The molecule has 0 bridgehead atoms. The first-order valence-corrected chi connectivity index (χ1v) is 7.32. The van der Waals surface area contributed by atoms with Gasteiger partial charge in [-0.05, 0) is 32.9 Å². The largest absolute Gasteiger partial charge is 0.494 e. The Bertz CT molecular complexity index is 616. The summed E-state index contributed by atoms with van der Waals surface area (Å²) in [6.07, 6.45) is 0.0524. The summed E-state index contributed by atoms with van der Waals surface area (Å²) in [5.74, 6) is 1.14. The third-order valence-corrected chi connectivity index (χ3v) is 3.70. The van der Waals surface area contributed by atoms with E-state index in [9.17, 15) is 4.79 Å². The predicted molar refractivity (Wildman–Crippen MR) is 80.1 cm³/mol. The number of fused-ring (bicyclic) bond motifs is 1. The standard InChI is InChI=1S/C15H18O4S/c1-5-18-10-6-12(19-9(2)3)11-8-14(15(16)17-4)20-13(11)7-10/h6-9H,5H2,1-4H3. The fraction of sp³-hybridized carbons (Fsp3) is 0.400. The second kappa shape index (κ2) is 6.13. The van der Waals surface area contributed by atoms with Crippen molar-refractivity contribution in [1.82, 2.24) is 0 Å². The summed E-state index contributed by atoms with van der Waals surface area (Å²) >= 11 is 1.38. The molecule has 0 fully saturated rings. The van der Waals surface area contributed by atoms with Crippen LogP contribution < -0.4 is 9.47 Å². The molecule has 2 aromatic rings. The first-order chi connectivity index (χ1) is 9.55. The molecule has 0 amide bonds. The molecule has 2 rings (SSSR count). The third kappa shape index (κ3) is 3.04. The molecule has 20 heavy (non-hydrogen) atoms. The molecule has 0 atom stereocenters. The van der Waals surface area contributed by atoms with Gasteiger partial charge in [0.2, 0.25) is 0 Å². The van der Waals surface area contributed by atoms with E-state index in [1.165, 1.54) is 18.4 Å². The molecule has 0 radical (unpaired) electrons. The summed E-state index contributed by atoms with van der Waals surface area (Å²) in [5.41, 5.74) is 0. The van der Waals surface area contributed by atoms with Crippen LogP contribution in [0.3, 0.4) is 0 Å². The Morgan fingerprint density at radius 2 is 2.05 bits per heavy atom. The Morgan fingerprint density at radius 3 is 2.65 bits per heavy atom. The van der Waals surface area contributed by atoms with E-state index in [0.717, 1.165) is 21.6 Å². The lowest BCUT2D eigenvalue weighted by Gasteiger charge is -2.12. The summed E-state index contributed by atoms with van der Waals surface area (Å²) in [6.45, 7) is 6.45. The maximum absolute atomic E-state index is 11.6. The summed E-state index contributed by atoms with van der Waals surface area (Å²) < 4.78 is 17.1. The van der Waals surface area contributed by atoms with E-state index in [0.29, 0.717) is 11.5 Å². The van der Waals surface area contributed by atoms with Crippen molar-refractivity contribution >= 4 is 27.4 Å². The zero-order chi connectivity index (χ0) is 14.7. The van der Waals surface area contributed by atoms with E-state index in [1.54, 1.807) is 6.07 Å². The van der Waals surface area contributed by atoms with Crippen LogP contribution in [0.1, 0.15) is 30.4 Å². The summed E-state index contributed by atoms with van der Waals surface area (Å²) in [5, 5.41) is 0.910. The van der Waals surface area contributed by atoms with Crippen LogP contribution in [0.15, 0.2) is 18.2 Å². The van der Waals surface area contributed by atoms with E-state index in [2.05, 4.69) is 0 Å². The third-order valence-electron chi connectivity index (χ3n) is 2.63. The van der Waals surface area contributed by atoms with Gasteiger partial charge in [-0.2, -0.15) is 0 Å². The molecule has 0 aliphatic heterocycles. The Labute approximate surface area is 122 Å². The van der Waals surface area contributed by atoms with Gasteiger partial charge in [-0.15, -0.1) is 11.3 Å². The van der Waals surface area contributed by atoms with Crippen molar-refractivity contribution in [2.75, 3.05) is 13.7 Å². The predicted octanol–water partition coefficient (Wildman–Crippen LogP) is 3.87. The van der Waals surface area contributed by atoms with Gasteiger partial charge in [0.05, 0.1) is 19.8 Å². The lowest BCUT2D eigenvalue weighted by atomic mass is 10.2. The van der Waals surface area contributed by atoms with Gasteiger partial charge in [0, 0.05) is 16.2 Å². The average Bonchev–Trinajstić information content (AvgIpc) is 2.81. The van der Waals surface area contributed by atoms with Crippen LogP contribution >= 0.6 is 11.3 Å². The highest BCUT2D eigenvalue weighted by molar-refractivity contribution is 7.20. The van der Waals surface area contributed by atoms with Crippen molar-refractivity contribution in [1.29, 1.82) is 0 Å². The van der Waals surface area contributed by atoms with Crippen LogP contribution in [0.2, 0.25) is 0 Å². The van der Waals surface area contributed by atoms with Crippen LogP contribution in [0.4, 0.5) is 0 Å². The highest BCUT2D eigenvalue weighted by Crippen LogP contribution is 2.37. The second-order valence-electron chi connectivity index (χ2n) is 4.54. The molecule has 5 heteroatoms. The van der Waals surface area contributed by atoms with Crippen molar-refractivity contribution in [3.8, 4) is 11.5 Å². The van der Waals surface area contributed by atoms with Gasteiger partial charge >= 0.3 is 5.97 Å². The zero-order valence-corrected chi connectivity index (χ0v) is 12.9. The molecule has 1 aromatic heterocycles. The number of carbonyl (C=O) groups excluding carboxylic acids is 1. The Kier molecular flexibility index (Phi) is 4.49. The summed E-state index contributed by atoms with van der Waals surface area (Å²) in [6, 6.07) is 5.59. The van der Waals surface area contributed by atoms with Gasteiger partial charge in [-0.3, -0.25) is 0 Å². The van der Waals surface area contributed by atoms with Gasteiger partial charge in [-0.25, -0.2) is 4.79 Å². The smallest absolute Gasteiger partial charge is 0.348 e. The number of benzene rings is 1. The number of hydrogen-bond acceptors (Lipinski definition) is 5. The van der Waals surface area contributed by atoms with E-state index in [4.69, 9.17) is 14.2 Å². The molecule has 0 unspecified atom stereocenters. The van der Waals surface area contributed by atoms with Crippen molar-refractivity contribution in [2.45, 2.75) is 26.9 Å². The van der Waals surface area contributed by atoms with Crippen LogP contribution in [0, 0.1) is 0 Å². The number of thiophene rings is 1. The fourth-order valence-corrected chi connectivity index (χ4v) is 2.91. The number of methoxy groups -OCH3 is 1. The summed E-state index contributed by atoms with van der Waals surface area (Å²) in [7, 11) is 1.38. The van der Waals surface area contributed by atoms with Crippen molar-refractivity contribution in [2.24, 2.45) is 0 Å². The van der Waals surface area contributed by atoms with Crippen molar-refractivity contribution in [3.05, 3.63) is 23.1 Å². The van der Waals surface area contributed by atoms with E-state index in [1.807, 2.05) is 32.9 Å². The molecule has 0 saturated heterocycles. The van der Waals surface area contributed by atoms with Crippen LogP contribution in [-0.2, 0) is 4.74 Å². The Balaban J connectivity index is 2.54. The molecule has 0 aliphatic rings. The maximum Gasteiger partial charge on any atom is 0.348 e. The lowest BCUT2D eigenvalue weighted by molar-refractivity contribution is 0.0606. The number of carbonyl (C=O) groups is 1. The number of rotatable bonds is 5. The highest BCUT2D eigenvalue weighted by atomic mass is 32.1. The van der Waals surface area contributed by atoms with Gasteiger partial charge in [0.25, 0.3) is 0 Å². The SMILES string of the molecule is CCOc1cc(OC(C)C)c2cc(C(=O)OC)sc2c1. The molecule has 1 heterocycles. The zero-order valence-electron chi connectivity index (χ0n) is 12.1. The van der Waals surface area contributed by atoms with Crippen molar-refractivity contribution < 1.29 is 19.0 Å². The summed E-state index contributed by atoms with van der Waals surface area (Å²) in [4.78, 5) is 12.2. The average molecular weight is 294 g/mol. The molecular formula is C15H18O4S. The first-order valence-electron chi connectivity index (χ1n) is 6.50. The lowest BCUT2D eigenvalue weighted by Crippen LogP contribution is -2.06. The normalized spacial score (nSPS) is 10.8. The molecule has 0 N–H and O–H groups in total. The minimum Gasteiger partial charge on any atom is -0.494 e. The molecule has 0 spiro atoms. The minimum atomic E-state index is -0.334. The molecular weight excluding hydrogens is 276 g/mol. The monoisotopic (exact) mass is 294 g/mol. The maximum atomic E-state index is 11.6. The Hall–Kier alpha value is -1.75. The van der Waals surface area contributed by atoms with Crippen molar-refractivity contribution in [3.63, 3.8) is 0 Å². The van der Waals surface area contributed by atoms with E-state index < -0.39 is 0 Å². The quantitative estimate of drug-likeness (QED) is 0.785. The molecule has 0 aliphatic carbocycles. The molecule has 0 saturated carbocycles. The molecule has 108 valence electrons. The van der Waals surface area contributed by atoms with Crippen LogP contribution in [0.25, 0.3) is 10.1 Å². The fourth-order valence-electron chi connectivity index (χ4n) is 1.89. The number of hydrogen-bond donors (Lipinski definition) is 0. The number of ether oxygens (including phenoxy) is 3. The van der Waals surface area contributed by atoms with Gasteiger partial charge in [0.15, 0.2) is 0 Å². The second-order valence-corrected chi connectivity index (χ2v) is 5.62. The highest BCUT2D eigenvalue weighted by Gasteiger charge is 2.15. The van der Waals surface area contributed by atoms with E-state index >= 15 is 0 Å². The topological polar surface area (TPSA) is 44.8 Å². The molecule has 1 aromatic carbocycles. The first kappa shape index (κ1) is 14.7. The van der Waals surface area contributed by atoms with Gasteiger partial charge < -0.3 is 14.2 Å².